The Morgan fingerprint density at radius 1 is 0.633 bits per heavy atom. The lowest BCUT2D eigenvalue weighted by molar-refractivity contribution is 0.577. The third kappa shape index (κ3) is 4.19. The summed E-state index contributed by atoms with van der Waals surface area (Å²) < 4.78 is 6.88. The first-order valence-corrected chi connectivity index (χ1v) is 12.1. The van der Waals surface area contributed by atoms with Crippen LogP contribution in [0.1, 0.15) is 11.1 Å². The van der Waals surface area contributed by atoms with Crippen molar-refractivity contribution in [1.82, 2.24) is 0 Å². The fraction of sp³-hybridized carbons (Fsp3) is 0. The molecule has 0 heterocycles. The van der Waals surface area contributed by atoms with Crippen LogP contribution in [0.4, 0.5) is 0 Å². The molecule has 1 nitrogen and oxygen atoms in total. The summed E-state index contributed by atoms with van der Waals surface area (Å²) in [5.74, 6) is 0.850. The van der Waals surface area contributed by atoms with Crippen molar-refractivity contribution in [3.05, 3.63) is 145 Å². The molecule has 0 aliphatic rings. The molecule has 146 valence electrons. The van der Waals surface area contributed by atoms with E-state index in [2.05, 4.69) is 85.5 Å². The third-order valence-corrected chi connectivity index (χ3v) is 8.66. The Kier molecular flexibility index (Phi) is 6.07. The molecule has 1 unspecified atom stereocenters. The van der Waals surface area contributed by atoms with E-state index >= 15 is 0 Å². The van der Waals surface area contributed by atoms with Crippen LogP contribution in [0.3, 0.4) is 0 Å². The summed E-state index contributed by atoms with van der Waals surface area (Å²) >= 11 is 0. The molecule has 0 radical (unpaired) electrons. The highest BCUT2D eigenvalue weighted by Crippen LogP contribution is 2.31. The van der Waals surface area contributed by atoms with Gasteiger partial charge >= 0.3 is 8.32 Å². The first-order chi connectivity index (χ1) is 14.8. The average molecular weight is 405 g/mol. The van der Waals surface area contributed by atoms with Crippen LogP contribution in [0.5, 0.6) is 5.75 Å². The van der Waals surface area contributed by atoms with Crippen molar-refractivity contribution in [3.8, 4) is 5.75 Å². The van der Waals surface area contributed by atoms with E-state index in [1.54, 1.807) is 0 Å². The largest absolute Gasteiger partial charge is 0.531 e. The zero-order valence-electron chi connectivity index (χ0n) is 16.8. The third-order valence-electron chi connectivity index (χ3n) is 5.11. The van der Waals surface area contributed by atoms with Gasteiger partial charge in [0.25, 0.3) is 0 Å². The molecular formula is C28H24OSi. The molecule has 0 bridgehead atoms. The molecule has 0 saturated carbocycles. The first-order valence-electron chi connectivity index (χ1n) is 10.1. The lowest BCUT2D eigenvalue weighted by Gasteiger charge is -2.32. The average Bonchev–Trinajstić information content (AvgIpc) is 2.84. The van der Waals surface area contributed by atoms with E-state index in [9.17, 15) is 0 Å². The predicted octanol–water partition coefficient (Wildman–Crippen LogP) is 6.42. The SMILES string of the molecule is C=C[Si](Oc1ccccc1)(/C(=C/c1ccccc1)c1ccccc1)c1ccccc1. The molecule has 0 amide bonds. The quantitative estimate of drug-likeness (QED) is 0.255. The van der Waals surface area contributed by atoms with Gasteiger partial charge in [-0.1, -0.05) is 121 Å². The highest BCUT2D eigenvalue weighted by atomic mass is 28.4. The Hall–Kier alpha value is -3.62. The molecular weight excluding hydrogens is 380 g/mol. The van der Waals surface area contributed by atoms with E-state index in [1.807, 2.05) is 54.2 Å². The van der Waals surface area contributed by atoms with E-state index in [1.165, 1.54) is 5.20 Å². The van der Waals surface area contributed by atoms with Crippen molar-refractivity contribution in [2.75, 3.05) is 0 Å². The maximum absolute atomic E-state index is 6.88. The Morgan fingerprint density at radius 3 is 1.70 bits per heavy atom. The van der Waals surface area contributed by atoms with Crippen LogP contribution in [-0.2, 0) is 0 Å². The van der Waals surface area contributed by atoms with E-state index in [4.69, 9.17) is 4.43 Å². The van der Waals surface area contributed by atoms with Crippen molar-refractivity contribution in [2.24, 2.45) is 0 Å². The second-order valence-corrected chi connectivity index (χ2v) is 10.3. The van der Waals surface area contributed by atoms with Crippen LogP contribution >= 0.6 is 0 Å². The molecule has 0 saturated heterocycles. The molecule has 1 atom stereocenters. The molecule has 0 N–H and O–H groups in total. The molecule has 0 aliphatic heterocycles. The first kappa shape index (κ1) is 19.7. The Morgan fingerprint density at radius 2 is 1.13 bits per heavy atom. The predicted molar refractivity (Wildman–Crippen MR) is 130 cm³/mol. The molecule has 2 heteroatoms. The summed E-state index contributed by atoms with van der Waals surface area (Å²) in [6.45, 7) is 4.29. The van der Waals surface area contributed by atoms with Gasteiger partial charge < -0.3 is 4.43 Å². The van der Waals surface area contributed by atoms with Crippen LogP contribution in [0.2, 0.25) is 0 Å². The van der Waals surface area contributed by atoms with Gasteiger partial charge in [-0.15, -0.1) is 6.58 Å². The van der Waals surface area contributed by atoms with E-state index in [-0.39, 0.29) is 0 Å². The number of rotatable bonds is 7. The van der Waals surface area contributed by atoms with Crippen LogP contribution in [0.15, 0.2) is 134 Å². The van der Waals surface area contributed by atoms with Crippen LogP contribution in [0, 0.1) is 0 Å². The zero-order valence-corrected chi connectivity index (χ0v) is 17.8. The number of hydrogen-bond acceptors (Lipinski definition) is 1. The zero-order chi connectivity index (χ0) is 20.7. The molecule has 4 rings (SSSR count). The van der Waals surface area contributed by atoms with Gasteiger partial charge in [0.1, 0.15) is 5.75 Å². The molecule has 4 aromatic carbocycles. The number of hydrogen-bond donors (Lipinski definition) is 0. The summed E-state index contributed by atoms with van der Waals surface area (Å²) in [5.41, 5.74) is 4.33. The smallest absolute Gasteiger partial charge is 0.339 e. The summed E-state index contributed by atoms with van der Waals surface area (Å²) in [5, 5.41) is 2.33. The van der Waals surface area contributed by atoms with Gasteiger partial charge in [0.2, 0.25) is 0 Å². The minimum absolute atomic E-state index is 0.850. The summed E-state index contributed by atoms with van der Waals surface area (Å²) in [6, 6.07) is 41.4. The fourth-order valence-corrected chi connectivity index (χ4v) is 6.89. The Balaban J connectivity index is 1.98. The summed E-state index contributed by atoms with van der Waals surface area (Å²) in [4.78, 5) is 0. The van der Waals surface area contributed by atoms with Crippen molar-refractivity contribution < 1.29 is 4.43 Å². The van der Waals surface area contributed by atoms with Crippen molar-refractivity contribution in [3.63, 3.8) is 0 Å². The standard InChI is InChI=1S/C28H24OSi/c1-2-30(27-21-13-6-14-22-27,29-26-19-11-5-12-20-26)28(25-17-9-4-10-18-25)23-24-15-7-3-8-16-24/h2-23H,1H2/b28-23+. The van der Waals surface area contributed by atoms with E-state index in [0.717, 1.165) is 22.1 Å². The lowest BCUT2D eigenvalue weighted by atomic mass is 10.1. The van der Waals surface area contributed by atoms with E-state index in [0.29, 0.717) is 0 Å². The van der Waals surface area contributed by atoms with Crippen molar-refractivity contribution >= 4 is 24.8 Å². The number of para-hydroxylation sites is 1. The summed E-state index contributed by atoms with van der Waals surface area (Å²) in [7, 11) is -2.81. The summed E-state index contributed by atoms with van der Waals surface area (Å²) in [6.07, 6.45) is 2.25. The van der Waals surface area contributed by atoms with Gasteiger partial charge in [-0.3, -0.25) is 0 Å². The second kappa shape index (κ2) is 9.25. The van der Waals surface area contributed by atoms with Gasteiger partial charge in [0.15, 0.2) is 0 Å². The van der Waals surface area contributed by atoms with E-state index < -0.39 is 8.32 Å². The Labute approximate surface area is 179 Å². The molecule has 0 aromatic heterocycles. The fourth-order valence-electron chi connectivity index (χ4n) is 3.64. The number of benzene rings is 4. The van der Waals surface area contributed by atoms with Crippen molar-refractivity contribution in [2.45, 2.75) is 0 Å². The van der Waals surface area contributed by atoms with Gasteiger partial charge in [-0.25, -0.2) is 0 Å². The van der Waals surface area contributed by atoms with Crippen molar-refractivity contribution in [1.29, 1.82) is 0 Å². The van der Waals surface area contributed by atoms with Gasteiger partial charge in [-0.2, -0.15) is 0 Å². The molecule has 0 aliphatic carbocycles. The monoisotopic (exact) mass is 404 g/mol. The topological polar surface area (TPSA) is 9.23 Å². The normalized spacial score (nSPS) is 13.3. The molecule has 4 aromatic rings. The lowest BCUT2D eigenvalue weighted by Crippen LogP contribution is -2.53. The van der Waals surface area contributed by atoms with Crippen LogP contribution in [-0.4, -0.2) is 8.32 Å². The maximum Gasteiger partial charge on any atom is 0.339 e. The molecule has 0 spiro atoms. The second-order valence-electron chi connectivity index (χ2n) is 7.06. The highest BCUT2D eigenvalue weighted by Gasteiger charge is 2.41. The highest BCUT2D eigenvalue weighted by molar-refractivity contribution is 7.06. The van der Waals surface area contributed by atoms with Gasteiger partial charge in [-0.05, 0) is 33.6 Å². The minimum Gasteiger partial charge on any atom is -0.531 e. The Bertz CT molecular complexity index is 1110. The van der Waals surface area contributed by atoms with Gasteiger partial charge in [0, 0.05) is 0 Å². The maximum atomic E-state index is 6.88. The van der Waals surface area contributed by atoms with Crippen LogP contribution in [0.25, 0.3) is 11.3 Å². The van der Waals surface area contributed by atoms with Gasteiger partial charge in [0.05, 0.1) is 0 Å². The molecule has 30 heavy (non-hydrogen) atoms. The minimum atomic E-state index is -2.81. The molecule has 0 fully saturated rings. The van der Waals surface area contributed by atoms with Crippen LogP contribution < -0.4 is 9.61 Å².